The summed E-state index contributed by atoms with van der Waals surface area (Å²) < 4.78 is 37.4. The van der Waals surface area contributed by atoms with Gasteiger partial charge < -0.3 is 21.3 Å². The number of likely N-dealkylation sites (N-methyl/N-ethyl adjacent to an activating group) is 1. The average molecular weight is 602 g/mol. The van der Waals surface area contributed by atoms with Crippen LogP contribution in [0.1, 0.15) is 27.9 Å². The van der Waals surface area contributed by atoms with Gasteiger partial charge in [0.15, 0.2) is 34.7 Å². The number of aromatic hydroxyl groups is 1. The van der Waals surface area contributed by atoms with Crippen molar-refractivity contribution in [3.05, 3.63) is 53.1 Å². The molecule has 3 unspecified atom stereocenters. The Balaban J connectivity index is 1.52. The minimum absolute atomic E-state index is 0.0246. The maximum absolute atomic E-state index is 13.9. The smallest absolute Gasteiger partial charge is 0.401 e. The molecule has 0 bridgehead atoms. The number of phenolic OH excluding ortho intramolecular Hbond substituents is 1. The van der Waals surface area contributed by atoms with Crippen molar-refractivity contribution in [2.24, 2.45) is 29.4 Å². The SMILES string of the molecule is CN(C)C1C(=O)C(C(N)=O)C(=O)[C@@]2(O)C(=O)C3C(=O)c4c(O)ccc(-c5ccc(CNCC(F)(F)F)cc5)c4C[C@H]3C[C@@H]12. The van der Waals surface area contributed by atoms with Crippen molar-refractivity contribution in [2.45, 2.75) is 37.2 Å². The molecule has 5 rings (SSSR count). The Morgan fingerprint density at radius 1 is 1.07 bits per heavy atom. The van der Waals surface area contributed by atoms with Gasteiger partial charge in [0.05, 0.1) is 24.1 Å². The number of halogens is 3. The first kappa shape index (κ1) is 30.5. The van der Waals surface area contributed by atoms with Gasteiger partial charge in [-0.3, -0.25) is 28.9 Å². The second kappa shape index (κ2) is 10.6. The van der Waals surface area contributed by atoms with Crippen molar-refractivity contribution in [3.63, 3.8) is 0 Å². The van der Waals surface area contributed by atoms with Gasteiger partial charge in [-0.05, 0) is 61.2 Å². The van der Waals surface area contributed by atoms with Crippen molar-refractivity contribution in [3.8, 4) is 16.9 Å². The van der Waals surface area contributed by atoms with Crippen LogP contribution in [0.25, 0.3) is 11.1 Å². The van der Waals surface area contributed by atoms with E-state index in [1.807, 2.05) is 0 Å². The molecule has 0 saturated heterocycles. The van der Waals surface area contributed by atoms with Gasteiger partial charge in [-0.2, -0.15) is 13.2 Å². The summed E-state index contributed by atoms with van der Waals surface area (Å²) in [6, 6.07) is 8.27. The quantitative estimate of drug-likeness (QED) is 0.356. The molecule has 0 heterocycles. The van der Waals surface area contributed by atoms with E-state index in [-0.39, 0.29) is 24.9 Å². The van der Waals surface area contributed by atoms with Crippen LogP contribution in [0.2, 0.25) is 0 Å². The van der Waals surface area contributed by atoms with Crippen LogP contribution in [-0.2, 0) is 32.1 Å². The van der Waals surface area contributed by atoms with E-state index in [0.717, 1.165) is 0 Å². The molecular weight excluding hydrogens is 571 g/mol. The summed E-state index contributed by atoms with van der Waals surface area (Å²) in [4.78, 5) is 67.9. The fourth-order valence-corrected chi connectivity index (χ4v) is 7.03. The third-order valence-corrected chi connectivity index (χ3v) is 8.86. The molecule has 13 heteroatoms. The number of alkyl halides is 3. The standard InChI is InChI=1S/C30H30F3N3O7/c1-36(2)23-18-10-15-9-17-16(14-5-3-13(4-6-14)11-35-12-29(31,32)33)7-8-19(37)21(17)24(38)20(15)26(40)30(18,43)27(41)22(25(23)39)28(34)42/h3-8,15,18,20,22-23,35,37,43H,9-12H2,1-2H3,(H2,34,42)/t15-,18-,20?,22?,23?,30-/m0/s1. The summed E-state index contributed by atoms with van der Waals surface area (Å²) >= 11 is 0. The van der Waals surface area contributed by atoms with Crippen LogP contribution in [0.4, 0.5) is 13.2 Å². The van der Waals surface area contributed by atoms with E-state index < -0.39 is 82.8 Å². The van der Waals surface area contributed by atoms with Crippen molar-refractivity contribution >= 4 is 29.0 Å². The summed E-state index contributed by atoms with van der Waals surface area (Å²) in [5, 5.41) is 24.7. The number of primary amides is 1. The molecule has 2 aromatic rings. The lowest BCUT2D eigenvalue weighted by Crippen LogP contribution is -2.74. The monoisotopic (exact) mass is 601 g/mol. The molecule has 2 saturated carbocycles. The molecular formula is C30H30F3N3O7. The highest BCUT2D eigenvalue weighted by molar-refractivity contribution is 6.32. The molecule has 5 N–H and O–H groups in total. The summed E-state index contributed by atoms with van der Waals surface area (Å²) in [7, 11) is 3.01. The highest BCUT2D eigenvalue weighted by atomic mass is 19.4. The van der Waals surface area contributed by atoms with Crippen LogP contribution >= 0.6 is 0 Å². The minimum atomic E-state index is -4.35. The topological polar surface area (TPSA) is 167 Å². The summed E-state index contributed by atoms with van der Waals surface area (Å²) in [5.41, 5.74) is 4.56. The summed E-state index contributed by atoms with van der Waals surface area (Å²) in [6.45, 7) is -1.17. The molecule has 0 radical (unpaired) electrons. The van der Waals surface area contributed by atoms with Gasteiger partial charge in [0.2, 0.25) is 5.91 Å². The lowest BCUT2D eigenvalue weighted by Gasteiger charge is -2.52. The molecule has 3 aliphatic rings. The number of nitrogens with zero attached hydrogens (tertiary/aromatic N) is 1. The zero-order valence-corrected chi connectivity index (χ0v) is 23.3. The first-order valence-corrected chi connectivity index (χ1v) is 13.6. The predicted octanol–water partition coefficient (Wildman–Crippen LogP) is 1.19. The number of aliphatic hydroxyl groups is 1. The Bertz CT molecular complexity index is 1540. The molecule has 43 heavy (non-hydrogen) atoms. The normalized spacial score (nSPS) is 28.9. The number of rotatable bonds is 6. The summed E-state index contributed by atoms with van der Waals surface area (Å²) in [5.74, 6) is -11.3. The predicted molar refractivity (Wildman–Crippen MR) is 145 cm³/mol. The number of nitrogens with two attached hydrogens (primary N) is 1. The Morgan fingerprint density at radius 2 is 1.72 bits per heavy atom. The van der Waals surface area contributed by atoms with E-state index in [1.165, 1.54) is 25.1 Å². The van der Waals surface area contributed by atoms with Crippen LogP contribution in [0, 0.1) is 23.7 Å². The zero-order valence-electron chi connectivity index (χ0n) is 23.3. The van der Waals surface area contributed by atoms with Gasteiger partial charge in [-0.15, -0.1) is 0 Å². The Morgan fingerprint density at radius 3 is 2.30 bits per heavy atom. The van der Waals surface area contributed by atoms with Crippen LogP contribution < -0.4 is 11.1 Å². The van der Waals surface area contributed by atoms with Gasteiger partial charge >= 0.3 is 6.18 Å². The molecule has 0 aromatic heterocycles. The maximum Gasteiger partial charge on any atom is 0.401 e. The third kappa shape index (κ3) is 4.94. The van der Waals surface area contributed by atoms with Crippen molar-refractivity contribution in [1.29, 1.82) is 0 Å². The van der Waals surface area contributed by atoms with Crippen molar-refractivity contribution in [1.82, 2.24) is 10.2 Å². The molecule has 10 nitrogen and oxygen atoms in total. The van der Waals surface area contributed by atoms with Crippen molar-refractivity contribution < 1.29 is 47.4 Å². The molecule has 2 aromatic carbocycles. The van der Waals surface area contributed by atoms with E-state index >= 15 is 0 Å². The van der Waals surface area contributed by atoms with E-state index in [9.17, 15) is 47.4 Å². The zero-order chi connectivity index (χ0) is 31.6. The number of Topliss-reactive ketones (excluding diaryl/α,β-unsaturated/α-hetero) is 4. The molecule has 0 aliphatic heterocycles. The average Bonchev–Trinajstić information content (AvgIpc) is 2.90. The number of hydrogen-bond donors (Lipinski definition) is 4. The number of nitrogens with one attached hydrogen (secondary N) is 1. The van der Waals surface area contributed by atoms with Gasteiger partial charge in [0.25, 0.3) is 0 Å². The Hall–Kier alpha value is -3.94. The molecule has 6 atom stereocenters. The van der Waals surface area contributed by atoms with E-state index in [1.54, 1.807) is 30.3 Å². The lowest BCUT2D eigenvalue weighted by molar-refractivity contribution is -0.181. The van der Waals surface area contributed by atoms with Crippen LogP contribution in [0.15, 0.2) is 36.4 Å². The molecule has 0 spiro atoms. The number of phenols is 1. The fourth-order valence-electron chi connectivity index (χ4n) is 7.03. The largest absolute Gasteiger partial charge is 0.507 e. The fraction of sp³-hybridized carbons (Fsp3) is 0.433. The number of fused-ring (bicyclic) bond motifs is 3. The molecule has 228 valence electrons. The highest BCUT2D eigenvalue weighted by Gasteiger charge is 2.69. The highest BCUT2D eigenvalue weighted by Crippen LogP contribution is 2.51. The van der Waals surface area contributed by atoms with Crippen LogP contribution in [0.5, 0.6) is 5.75 Å². The summed E-state index contributed by atoms with van der Waals surface area (Å²) in [6.07, 6.45) is -4.34. The van der Waals surface area contributed by atoms with E-state index in [2.05, 4.69) is 5.32 Å². The Labute approximate surface area is 244 Å². The second-order valence-corrected chi connectivity index (χ2v) is 11.7. The number of carbonyl (C=O) groups excluding carboxylic acids is 5. The van der Waals surface area contributed by atoms with Crippen molar-refractivity contribution in [2.75, 3.05) is 20.6 Å². The minimum Gasteiger partial charge on any atom is -0.507 e. The van der Waals surface area contributed by atoms with E-state index in [0.29, 0.717) is 22.3 Å². The van der Waals surface area contributed by atoms with Crippen LogP contribution in [-0.4, -0.2) is 82.6 Å². The number of ketones is 4. The molecule has 3 aliphatic carbocycles. The van der Waals surface area contributed by atoms with Gasteiger partial charge in [0, 0.05) is 12.5 Å². The van der Waals surface area contributed by atoms with Gasteiger partial charge in [-0.1, -0.05) is 30.3 Å². The van der Waals surface area contributed by atoms with E-state index in [4.69, 9.17) is 5.73 Å². The second-order valence-electron chi connectivity index (χ2n) is 11.7. The number of benzene rings is 2. The molecule has 1 amide bonds. The lowest BCUT2D eigenvalue weighted by atomic mass is 9.52. The number of amides is 1. The maximum atomic E-state index is 13.9. The number of hydrogen-bond acceptors (Lipinski definition) is 9. The van der Waals surface area contributed by atoms with Crippen LogP contribution in [0.3, 0.4) is 0 Å². The number of carbonyl (C=O) groups is 5. The van der Waals surface area contributed by atoms with Gasteiger partial charge in [-0.25, -0.2) is 0 Å². The molecule has 2 fully saturated rings. The van der Waals surface area contributed by atoms with Gasteiger partial charge in [0.1, 0.15) is 5.75 Å². The third-order valence-electron chi connectivity index (χ3n) is 8.86. The first-order valence-electron chi connectivity index (χ1n) is 13.6. The first-order chi connectivity index (χ1) is 20.1. The Kier molecular flexibility index (Phi) is 7.56.